The van der Waals surface area contributed by atoms with Crippen LogP contribution in [-0.4, -0.2) is 62.3 Å². The van der Waals surface area contributed by atoms with E-state index in [-0.39, 0.29) is 0 Å². The number of benzene rings is 1. The minimum atomic E-state index is -3.01. The average Bonchev–Trinajstić information content (AvgIpc) is 2.98. The molecule has 0 radical (unpaired) electrons. The summed E-state index contributed by atoms with van der Waals surface area (Å²) < 4.78 is 47.6. The van der Waals surface area contributed by atoms with Gasteiger partial charge in [-0.1, -0.05) is 6.07 Å². The van der Waals surface area contributed by atoms with Gasteiger partial charge in [-0.3, -0.25) is 9.80 Å². The number of morpholine rings is 1. The van der Waals surface area contributed by atoms with Crippen LogP contribution in [0.2, 0.25) is 0 Å². The van der Waals surface area contributed by atoms with Gasteiger partial charge in [-0.2, -0.15) is 8.78 Å². The lowest BCUT2D eigenvalue weighted by Gasteiger charge is -2.29. The average molecular weight is 344 g/mol. The van der Waals surface area contributed by atoms with Crippen molar-refractivity contribution >= 4 is 0 Å². The quantitative estimate of drug-likeness (QED) is 0.792. The lowest BCUT2D eigenvalue weighted by molar-refractivity contribution is -0.0522. The number of hydrogen-bond donors (Lipinski definition) is 0. The minimum absolute atomic E-state index is 0.402. The molecule has 0 bridgehead atoms. The van der Waals surface area contributed by atoms with Gasteiger partial charge in [0.05, 0.1) is 13.2 Å². The molecule has 2 aliphatic heterocycles. The van der Waals surface area contributed by atoms with Crippen LogP contribution in [0.25, 0.3) is 0 Å². The molecule has 0 saturated carbocycles. The molecule has 0 aliphatic carbocycles. The van der Waals surface area contributed by atoms with E-state index in [0.29, 0.717) is 12.5 Å². The van der Waals surface area contributed by atoms with E-state index in [4.69, 9.17) is 4.74 Å². The Morgan fingerprint density at radius 1 is 1.17 bits per heavy atom. The van der Waals surface area contributed by atoms with Crippen molar-refractivity contribution in [2.45, 2.75) is 19.6 Å². The van der Waals surface area contributed by atoms with Crippen molar-refractivity contribution in [3.05, 3.63) is 29.6 Å². The van der Waals surface area contributed by atoms with E-state index in [1.165, 1.54) is 12.1 Å². The van der Waals surface area contributed by atoms with Gasteiger partial charge in [0.1, 0.15) is 0 Å². The third kappa shape index (κ3) is 4.84. The summed E-state index contributed by atoms with van der Waals surface area (Å²) in [5.74, 6) is -0.522. The first kappa shape index (κ1) is 17.5. The Labute approximate surface area is 140 Å². The topological polar surface area (TPSA) is 24.9 Å². The van der Waals surface area contributed by atoms with Crippen LogP contribution in [0.4, 0.5) is 13.2 Å². The monoisotopic (exact) mass is 344 g/mol. The SMILES string of the molecule is Fc1cc(CN2CC[C@@H](CN3CCOCC3)C2)ccc1OC(F)F. The fourth-order valence-electron chi connectivity index (χ4n) is 3.45. The van der Waals surface area contributed by atoms with Crippen molar-refractivity contribution in [3.63, 3.8) is 0 Å². The Morgan fingerprint density at radius 3 is 2.67 bits per heavy atom. The van der Waals surface area contributed by atoms with E-state index in [0.717, 1.165) is 57.9 Å². The maximum absolute atomic E-state index is 13.8. The third-order valence-electron chi connectivity index (χ3n) is 4.61. The van der Waals surface area contributed by atoms with Crippen LogP contribution < -0.4 is 4.74 Å². The van der Waals surface area contributed by atoms with Gasteiger partial charge in [-0.15, -0.1) is 0 Å². The highest BCUT2D eigenvalue weighted by Crippen LogP contribution is 2.24. The van der Waals surface area contributed by atoms with Crippen LogP contribution >= 0.6 is 0 Å². The number of likely N-dealkylation sites (tertiary alicyclic amines) is 1. The zero-order valence-electron chi connectivity index (χ0n) is 13.6. The van der Waals surface area contributed by atoms with Gasteiger partial charge in [-0.25, -0.2) is 4.39 Å². The van der Waals surface area contributed by atoms with Gasteiger partial charge in [0, 0.05) is 32.7 Å². The molecule has 24 heavy (non-hydrogen) atoms. The zero-order valence-corrected chi connectivity index (χ0v) is 13.6. The van der Waals surface area contributed by atoms with Crippen LogP contribution in [0, 0.1) is 11.7 Å². The van der Waals surface area contributed by atoms with Crippen LogP contribution in [0.15, 0.2) is 18.2 Å². The fraction of sp³-hybridized carbons (Fsp3) is 0.647. The smallest absolute Gasteiger partial charge is 0.387 e. The van der Waals surface area contributed by atoms with Gasteiger partial charge in [0.15, 0.2) is 11.6 Å². The maximum Gasteiger partial charge on any atom is 0.387 e. The van der Waals surface area contributed by atoms with Crippen molar-refractivity contribution in [3.8, 4) is 5.75 Å². The molecule has 1 atom stereocenters. The van der Waals surface area contributed by atoms with Gasteiger partial charge in [0.2, 0.25) is 0 Å². The first-order chi connectivity index (χ1) is 11.6. The highest BCUT2D eigenvalue weighted by atomic mass is 19.3. The highest BCUT2D eigenvalue weighted by Gasteiger charge is 2.25. The molecule has 0 unspecified atom stereocenters. The van der Waals surface area contributed by atoms with Crippen molar-refractivity contribution < 1.29 is 22.6 Å². The molecule has 0 N–H and O–H groups in total. The van der Waals surface area contributed by atoms with Gasteiger partial charge in [-0.05, 0) is 36.6 Å². The van der Waals surface area contributed by atoms with Crippen LogP contribution in [0.1, 0.15) is 12.0 Å². The molecule has 2 aliphatic rings. The molecular weight excluding hydrogens is 321 g/mol. The van der Waals surface area contributed by atoms with Crippen molar-refractivity contribution in [1.82, 2.24) is 9.80 Å². The molecule has 1 aromatic carbocycles. The van der Waals surface area contributed by atoms with E-state index in [1.54, 1.807) is 6.07 Å². The number of hydrogen-bond acceptors (Lipinski definition) is 4. The molecule has 1 aromatic rings. The lowest BCUT2D eigenvalue weighted by Crippen LogP contribution is -2.39. The molecule has 2 fully saturated rings. The largest absolute Gasteiger partial charge is 0.432 e. The second-order valence-corrected chi connectivity index (χ2v) is 6.45. The summed E-state index contributed by atoms with van der Waals surface area (Å²) in [7, 11) is 0. The molecule has 2 saturated heterocycles. The highest BCUT2D eigenvalue weighted by molar-refractivity contribution is 5.29. The van der Waals surface area contributed by atoms with Crippen molar-refractivity contribution in [2.75, 3.05) is 45.9 Å². The van der Waals surface area contributed by atoms with Crippen molar-refractivity contribution in [2.24, 2.45) is 5.92 Å². The summed E-state index contributed by atoms with van der Waals surface area (Å²) in [6.45, 7) is 4.26. The van der Waals surface area contributed by atoms with E-state index >= 15 is 0 Å². The lowest BCUT2D eigenvalue weighted by atomic mass is 10.1. The van der Waals surface area contributed by atoms with Crippen LogP contribution in [0.3, 0.4) is 0 Å². The normalized spacial score (nSPS) is 23.1. The minimum Gasteiger partial charge on any atom is -0.432 e. The van der Waals surface area contributed by atoms with Crippen LogP contribution in [0.5, 0.6) is 5.75 Å². The molecular formula is C17H23F3N2O2. The van der Waals surface area contributed by atoms with Gasteiger partial charge < -0.3 is 9.47 Å². The molecule has 134 valence electrons. The predicted octanol–water partition coefficient (Wildman–Crippen LogP) is 2.58. The molecule has 0 aromatic heterocycles. The Balaban J connectivity index is 1.49. The van der Waals surface area contributed by atoms with E-state index in [1.807, 2.05) is 0 Å². The first-order valence-electron chi connectivity index (χ1n) is 8.36. The summed E-state index contributed by atoms with van der Waals surface area (Å²) in [5.41, 5.74) is 0.779. The number of halogens is 3. The summed E-state index contributed by atoms with van der Waals surface area (Å²) >= 11 is 0. The number of nitrogens with zero attached hydrogens (tertiary/aromatic N) is 2. The second-order valence-electron chi connectivity index (χ2n) is 6.45. The molecule has 0 spiro atoms. The Morgan fingerprint density at radius 2 is 1.96 bits per heavy atom. The predicted molar refractivity (Wildman–Crippen MR) is 83.7 cm³/mol. The standard InChI is InChI=1S/C17H23F3N2O2/c18-15-9-13(1-2-16(15)24-17(19)20)10-22-4-3-14(12-22)11-21-5-7-23-8-6-21/h1-2,9,14,17H,3-8,10-12H2/t14-/m0/s1. The molecule has 0 amide bonds. The zero-order chi connectivity index (χ0) is 16.9. The molecule has 4 nitrogen and oxygen atoms in total. The molecule has 7 heteroatoms. The van der Waals surface area contributed by atoms with E-state index < -0.39 is 18.2 Å². The summed E-state index contributed by atoms with van der Waals surface area (Å²) in [6, 6.07) is 4.21. The summed E-state index contributed by atoms with van der Waals surface area (Å²) in [6.07, 6.45) is 1.13. The van der Waals surface area contributed by atoms with Gasteiger partial charge in [0.25, 0.3) is 0 Å². The van der Waals surface area contributed by atoms with E-state index in [2.05, 4.69) is 14.5 Å². The molecule has 2 heterocycles. The summed E-state index contributed by atoms with van der Waals surface area (Å²) in [5, 5.41) is 0. The fourth-order valence-corrected chi connectivity index (χ4v) is 3.45. The van der Waals surface area contributed by atoms with E-state index in [9.17, 15) is 13.2 Å². The van der Waals surface area contributed by atoms with Crippen molar-refractivity contribution in [1.29, 1.82) is 0 Å². The maximum atomic E-state index is 13.8. The van der Waals surface area contributed by atoms with Crippen LogP contribution in [-0.2, 0) is 11.3 Å². The third-order valence-corrected chi connectivity index (χ3v) is 4.61. The number of ether oxygens (including phenoxy) is 2. The Hall–Kier alpha value is -1.31. The summed E-state index contributed by atoms with van der Waals surface area (Å²) in [4.78, 5) is 4.72. The number of rotatable bonds is 6. The second kappa shape index (κ2) is 8.18. The Kier molecular flexibility index (Phi) is 5.97. The first-order valence-corrected chi connectivity index (χ1v) is 8.36. The Bertz CT molecular complexity index is 539. The molecule has 3 rings (SSSR count). The number of alkyl halides is 2. The van der Waals surface area contributed by atoms with Gasteiger partial charge >= 0.3 is 6.61 Å².